The van der Waals surface area contributed by atoms with Crippen LogP contribution in [-0.4, -0.2) is 39.8 Å². The van der Waals surface area contributed by atoms with Gasteiger partial charge in [-0.15, -0.1) is 0 Å². The molecule has 0 aliphatic carbocycles. The number of carbonyl (C=O) groups excluding carboxylic acids is 1. The van der Waals surface area contributed by atoms with Crippen molar-refractivity contribution in [1.29, 1.82) is 0 Å². The van der Waals surface area contributed by atoms with Gasteiger partial charge in [0.05, 0.1) is 11.1 Å². The third-order valence-corrected chi connectivity index (χ3v) is 5.97. The number of halogens is 3. The van der Waals surface area contributed by atoms with Crippen LogP contribution < -0.4 is 0 Å². The molecule has 162 valence electrons. The first kappa shape index (κ1) is 21.4. The van der Waals surface area contributed by atoms with Crippen LogP contribution >= 0.6 is 11.8 Å². The van der Waals surface area contributed by atoms with Gasteiger partial charge in [-0.3, -0.25) is 4.79 Å². The number of alkyl halides is 2. The van der Waals surface area contributed by atoms with Crippen molar-refractivity contribution in [1.82, 2.24) is 15.0 Å². The second-order valence-electron chi connectivity index (χ2n) is 7.33. The molecule has 1 atom stereocenters. The Bertz CT molecular complexity index is 1060. The molecule has 1 saturated heterocycles. The second-order valence-corrected chi connectivity index (χ2v) is 8.36. The number of nitrogens with zero attached hydrogens (tertiary/aromatic N) is 3. The summed E-state index contributed by atoms with van der Waals surface area (Å²) in [7, 11) is 0. The van der Waals surface area contributed by atoms with Crippen molar-refractivity contribution in [2.24, 2.45) is 5.92 Å². The van der Waals surface area contributed by atoms with E-state index in [2.05, 4.69) is 10.1 Å². The van der Waals surface area contributed by atoms with Gasteiger partial charge in [-0.1, -0.05) is 41.2 Å². The second kappa shape index (κ2) is 9.55. The topological polar surface area (TPSA) is 59.2 Å². The molecular weight excluding hydrogens is 427 g/mol. The maximum absolute atomic E-state index is 13.9. The largest absolute Gasteiger partial charge is 0.339 e. The van der Waals surface area contributed by atoms with Crippen molar-refractivity contribution in [3.05, 3.63) is 65.8 Å². The molecule has 1 aliphatic heterocycles. The van der Waals surface area contributed by atoms with Gasteiger partial charge in [0, 0.05) is 24.4 Å². The number of carbonyl (C=O) groups is 1. The molecule has 4 rings (SSSR count). The summed E-state index contributed by atoms with van der Waals surface area (Å²) in [6.45, 7) is 1.03. The Labute approximate surface area is 181 Å². The maximum atomic E-state index is 13.9. The zero-order chi connectivity index (χ0) is 21.8. The van der Waals surface area contributed by atoms with Crippen LogP contribution in [0.1, 0.15) is 29.1 Å². The molecule has 3 aromatic rings. The van der Waals surface area contributed by atoms with Crippen LogP contribution in [0.15, 0.2) is 57.9 Å². The molecule has 0 radical (unpaired) electrons. The summed E-state index contributed by atoms with van der Waals surface area (Å²) in [6.07, 6.45) is 2.11. The van der Waals surface area contributed by atoms with E-state index in [-0.39, 0.29) is 33.7 Å². The van der Waals surface area contributed by atoms with Gasteiger partial charge in [0.1, 0.15) is 5.82 Å². The fourth-order valence-electron chi connectivity index (χ4n) is 3.77. The summed E-state index contributed by atoms with van der Waals surface area (Å²) >= 11 is 0.378. The molecule has 9 heteroatoms. The number of hydrogen-bond acceptors (Lipinski definition) is 5. The van der Waals surface area contributed by atoms with E-state index >= 15 is 0 Å². The van der Waals surface area contributed by atoms with E-state index in [4.69, 9.17) is 4.52 Å². The fraction of sp³-hybridized carbons (Fsp3) is 0.318. The van der Waals surface area contributed by atoms with Crippen LogP contribution in [-0.2, 0) is 6.42 Å². The third-order valence-electron chi connectivity index (χ3n) is 5.19. The molecule has 0 N–H and O–H groups in total. The average Bonchev–Trinajstić information content (AvgIpc) is 3.22. The zero-order valence-electron chi connectivity index (χ0n) is 16.5. The molecule has 2 aromatic carbocycles. The molecule has 2 heterocycles. The van der Waals surface area contributed by atoms with Gasteiger partial charge in [0.25, 0.3) is 11.7 Å². The minimum atomic E-state index is -2.59. The minimum Gasteiger partial charge on any atom is -0.339 e. The highest BCUT2D eigenvalue weighted by Gasteiger charge is 2.28. The molecule has 1 fully saturated rings. The Morgan fingerprint density at radius 1 is 1.19 bits per heavy atom. The first-order valence-corrected chi connectivity index (χ1v) is 10.8. The van der Waals surface area contributed by atoms with Crippen LogP contribution in [0.25, 0.3) is 11.4 Å². The summed E-state index contributed by atoms with van der Waals surface area (Å²) in [6, 6.07) is 12.6. The summed E-state index contributed by atoms with van der Waals surface area (Å²) in [5, 5.41) is 3.87. The van der Waals surface area contributed by atoms with Gasteiger partial charge in [0.2, 0.25) is 11.7 Å². The van der Waals surface area contributed by atoms with Crippen molar-refractivity contribution in [2.45, 2.75) is 29.9 Å². The molecule has 31 heavy (non-hydrogen) atoms. The molecule has 1 aliphatic rings. The first-order chi connectivity index (χ1) is 15.0. The van der Waals surface area contributed by atoms with Gasteiger partial charge in [0.15, 0.2) is 0 Å². The van der Waals surface area contributed by atoms with Crippen LogP contribution in [0.2, 0.25) is 0 Å². The molecule has 0 bridgehead atoms. The number of aromatic nitrogens is 2. The quantitative estimate of drug-likeness (QED) is 0.481. The lowest BCUT2D eigenvalue weighted by Crippen LogP contribution is -2.40. The van der Waals surface area contributed by atoms with E-state index < -0.39 is 11.6 Å². The fourth-order valence-corrected chi connectivity index (χ4v) is 4.40. The smallest absolute Gasteiger partial charge is 0.288 e. The molecule has 1 amide bonds. The number of piperidine rings is 1. The van der Waals surface area contributed by atoms with Crippen molar-refractivity contribution in [2.75, 3.05) is 13.1 Å². The van der Waals surface area contributed by atoms with Gasteiger partial charge in [-0.25, -0.2) is 4.39 Å². The van der Waals surface area contributed by atoms with E-state index in [0.29, 0.717) is 37.2 Å². The highest BCUT2D eigenvalue weighted by atomic mass is 32.2. The minimum absolute atomic E-state index is 0.0848. The Morgan fingerprint density at radius 3 is 2.77 bits per heavy atom. The number of likely N-dealkylation sites (tertiary alicyclic amines) is 1. The normalized spacial score (nSPS) is 16.6. The lowest BCUT2D eigenvalue weighted by molar-refractivity contribution is 0.0664. The molecule has 1 aromatic heterocycles. The number of rotatable bonds is 6. The van der Waals surface area contributed by atoms with Crippen molar-refractivity contribution in [3.8, 4) is 11.4 Å². The van der Waals surface area contributed by atoms with Crippen molar-refractivity contribution < 1.29 is 22.5 Å². The van der Waals surface area contributed by atoms with E-state index in [9.17, 15) is 18.0 Å². The summed E-state index contributed by atoms with van der Waals surface area (Å²) < 4.78 is 44.9. The zero-order valence-corrected chi connectivity index (χ0v) is 17.3. The monoisotopic (exact) mass is 447 g/mol. The Hall–Kier alpha value is -2.81. The SMILES string of the molecule is O=C(c1ccccc1SC(F)F)N1CCC[C@@H](Cc2nc(-c3ccccc3F)no2)C1. The molecule has 0 saturated carbocycles. The first-order valence-electron chi connectivity index (χ1n) is 9.92. The predicted octanol–water partition coefficient (Wildman–Crippen LogP) is 5.29. The highest BCUT2D eigenvalue weighted by molar-refractivity contribution is 7.99. The number of amides is 1. The van der Waals surface area contributed by atoms with E-state index in [0.717, 1.165) is 12.8 Å². The van der Waals surface area contributed by atoms with Gasteiger partial charge >= 0.3 is 0 Å². The van der Waals surface area contributed by atoms with E-state index in [1.807, 2.05) is 0 Å². The Balaban J connectivity index is 1.44. The summed E-state index contributed by atoms with van der Waals surface area (Å²) in [4.78, 5) is 19.3. The Morgan fingerprint density at radius 2 is 1.97 bits per heavy atom. The maximum Gasteiger partial charge on any atom is 0.288 e. The van der Waals surface area contributed by atoms with Crippen molar-refractivity contribution in [3.63, 3.8) is 0 Å². The van der Waals surface area contributed by atoms with Gasteiger partial charge in [-0.05, 0) is 43.0 Å². The molecule has 0 spiro atoms. The number of hydrogen-bond donors (Lipinski definition) is 0. The Kier molecular flexibility index (Phi) is 6.60. The molecule has 5 nitrogen and oxygen atoms in total. The van der Waals surface area contributed by atoms with Crippen LogP contribution in [0.5, 0.6) is 0 Å². The number of benzene rings is 2. The van der Waals surface area contributed by atoms with Crippen molar-refractivity contribution >= 4 is 17.7 Å². The lowest BCUT2D eigenvalue weighted by Gasteiger charge is -2.32. The highest BCUT2D eigenvalue weighted by Crippen LogP contribution is 2.30. The average molecular weight is 447 g/mol. The lowest BCUT2D eigenvalue weighted by atomic mass is 9.94. The molecular formula is C22H20F3N3O2S. The summed E-state index contributed by atoms with van der Waals surface area (Å²) in [5.41, 5.74) is 0.555. The van der Waals surface area contributed by atoms with Gasteiger partial charge < -0.3 is 9.42 Å². The van der Waals surface area contributed by atoms with Crippen LogP contribution in [0.4, 0.5) is 13.2 Å². The standard InChI is InChI=1S/C22H20F3N3O2S/c23-17-9-3-1-7-15(17)20-26-19(30-27-20)12-14-6-5-11-28(13-14)21(29)16-8-2-4-10-18(16)31-22(24)25/h1-4,7-10,14,22H,5-6,11-13H2/t14-/m0/s1. The van der Waals surface area contributed by atoms with Gasteiger partial charge in [-0.2, -0.15) is 13.8 Å². The third kappa shape index (κ3) is 5.10. The van der Waals surface area contributed by atoms with Crippen LogP contribution in [0.3, 0.4) is 0 Å². The van der Waals surface area contributed by atoms with Crippen LogP contribution in [0, 0.1) is 11.7 Å². The number of thioether (sulfide) groups is 1. The summed E-state index contributed by atoms with van der Waals surface area (Å²) in [5.74, 6) is -2.62. The van der Waals surface area contributed by atoms with E-state index in [1.54, 1.807) is 41.3 Å². The molecule has 0 unspecified atom stereocenters. The van der Waals surface area contributed by atoms with E-state index in [1.165, 1.54) is 12.1 Å². The predicted molar refractivity (Wildman–Crippen MR) is 110 cm³/mol.